The number of hydrogen-bond acceptors (Lipinski definition) is 6. The van der Waals surface area contributed by atoms with Crippen LogP contribution in [0.25, 0.3) is 0 Å². The molecule has 0 unspecified atom stereocenters. The van der Waals surface area contributed by atoms with E-state index in [-0.39, 0.29) is 18.0 Å². The predicted octanol–water partition coefficient (Wildman–Crippen LogP) is 2.32. The van der Waals surface area contributed by atoms with Crippen LogP contribution in [0.3, 0.4) is 0 Å². The van der Waals surface area contributed by atoms with Crippen LogP contribution in [0.5, 0.6) is 5.75 Å². The minimum Gasteiger partial charge on any atom is -0.484 e. The van der Waals surface area contributed by atoms with Crippen molar-refractivity contribution in [3.05, 3.63) is 84.4 Å². The van der Waals surface area contributed by atoms with Crippen molar-refractivity contribution in [2.45, 2.75) is 11.4 Å². The van der Waals surface area contributed by atoms with Crippen molar-refractivity contribution in [3.63, 3.8) is 0 Å². The summed E-state index contributed by atoms with van der Waals surface area (Å²) in [5.41, 5.74) is 1.70. The highest BCUT2D eigenvalue weighted by Gasteiger charge is 2.18. The number of anilines is 2. The Balaban J connectivity index is 1.60. The van der Waals surface area contributed by atoms with Gasteiger partial charge in [-0.05, 0) is 54.1 Å². The molecule has 3 N–H and O–H groups in total. The molecule has 3 aromatic carbocycles. The van der Waals surface area contributed by atoms with Crippen molar-refractivity contribution < 1.29 is 26.4 Å². The Morgan fingerprint density at radius 2 is 1.52 bits per heavy atom. The summed E-state index contributed by atoms with van der Waals surface area (Å²) in [5.74, 6) is -0.0732. The van der Waals surface area contributed by atoms with Crippen LogP contribution in [0.1, 0.15) is 5.56 Å². The molecule has 0 aliphatic carbocycles. The second kappa shape index (κ2) is 10.0. The summed E-state index contributed by atoms with van der Waals surface area (Å²) in [6.45, 7) is -0.109. The van der Waals surface area contributed by atoms with Gasteiger partial charge < -0.3 is 10.1 Å². The molecule has 3 rings (SSSR count). The molecule has 0 atom stereocenters. The lowest BCUT2D eigenvalue weighted by atomic mass is 10.2. The average Bonchev–Trinajstić information content (AvgIpc) is 2.76. The molecule has 33 heavy (non-hydrogen) atoms. The molecule has 0 bridgehead atoms. The van der Waals surface area contributed by atoms with Gasteiger partial charge in [-0.25, -0.2) is 22.0 Å². The van der Waals surface area contributed by atoms with E-state index in [2.05, 4.69) is 5.32 Å². The number of benzene rings is 3. The third-order valence-corrected chi connectivity index (χ3v) is 6.60. The second-order valence-electron chi connectivity index (χ2n) is 7.16. The minimum absolute atomic E-state index is 0.0627. The highest BCUT2D eigenvalue weighted by atomic mass is 32.2. The summed E-state index contributed by atoms with van der Waals surface area (Å²) in [6.07, 6.45) is 1.14. The van der Waals surface area contributed by atoms with Crippen molar-refractivity contribution >= 4 is 37.3 Å². The number of ether oxygens (including phenoxy) is 1. The van der Waals surface area contributed by atoms with Crippen LogP contribution in [0, 0.1) is 0 Å². The maximum Gasteiger partial charge on any atom is 0.262 e. The highest BCUT2D eigenvalue weighted by Crippen LogP contribution is 2.24. The molecule has 0 aliphatic heterocycles. The van der Waals surface area contributed by atoms with E-state index in [1.807, 2.05) is 30.3 Å². The molecule has 0 aliphatic rings. The fourth-order valence-corrected chi connectivity index (χ4v) is 4.34. The highest BCUT2D eigenvalue weighted by molar-refractivity contribution is 7.92. The van der Waals surface area contributed by atoms with Gasteiger partial charge in [-0.3, -0.25) is 9.10 Å². The first kappa shape index (κ1) is 24.2. The van der Waals surface area contributed by atoms with Crippen molar-refractivity contribution in [1.29, 1.82) is 0 Å². The van der Waals surface area contributed by atoms with Gasteiger partial charge in [0.2, 0.25) is 20.0 Å². The van der Waals surface area contributed by atoms with E-state index in [0.717, 1.165) is 11.8 Å². The first-order valence-electron chi connectivity index (χ1n) is 9.69. The summed E-state index contributed by atoms with van der Waals surface area (Å²) in [4.78, 5) is 12.0. The van der Waals surface area contributed by atoms with E-state index >= 15 is 0 Å². The largest absolute Gasteiger partial charge is 0.484 e. The van der Waals surface area contributed by atoms with Gasteiger partial charge in [-0.15, -0.1) is 0 Å². The molecule has 0 fully saturated rings. The molecule has 3 aromatic rings. The zero-order valence-electron chi connectivity index (χ0n) is 17.7. The number of nitrogens with one attached hydrogen (secondary N) is 1. The van der Waals surface area contributed by atoms with Crippen LogP contribution in [0.2, 0.25) is 0 Å². The van der Waals surface area contributed by atoms with E-state index in [9.17, 15) is 21.6 Å². The molecule has 0 radical (unpaired) electrons. The maximum atomic E-state index is 12.3. The first-order chi connectivity index (χ1) is 15.5. The first-order valence-corrected chi connectivity index (χ1v) is 13.1. The number of carbonyl (C=O) groups excluding carboxylic acids is 1. The lowest BCUT2D eigenvalue weighted by Crippen LogP contribution is -2.29. The van der Waals surface area contributed by atoms with Gasteiger partial charge in [0.25, 0.3) is 5.91 Å². The van der Waals surface area contributed by atoms with Crippen LogP contribution in [-0.4, -0.2) is 35.6 Å². The molecule has 174 valence electrons. The lowest BCUT2D eigenvalue weighted by Gasteiger charge is -2.22. The third kappa shape index (κ3) is 7.04. The van der Waals surface area contributed by atoms with Crippen LogP contribution < -0.4 is 19.5 Å². The van der Waals surface area contributed by atoms with E-state index < -0.39 is 26.0 Å². The number of nitrogens with zero attached hydrogens (tertiary/aromatic N) is 1. The molecule has 11 heteroatoms. The smallest absolute Gasteiger partial charge is 0.262 e. The van der Waals surface area contributed by atoms with Crippen LogP contribution >= 0.6 is 0 Å². The Bertz CT molecular complexity index is 1310. The number of rotatable bonds is 9. The zero-order chi connectivity index (χ0) is 24.1. The molecule has 0 spiro atoms. The van der Waals surface area contributed by atoms with Gasteiger partial charge in [-0.1, -0.05) is 30.3 Å². The molecule has 0 heterocycles. The zero-order valence-corrected chi connectivity index (χ0v) is 19.3. The number of sulfonamides is 2. The lowest BCUT2D eigenvalue weighted by molar-refractivity contribution is -0.118. The Kier molecular flexibility index (Phi) is 7.36. The molecular weight excluding hydrogens is 466 g/mol. The van der Waals surface area contributed by atoms with Crippen molar-refractivity contribution in [2.75, 3.05) is 22.5 Å². The Morgan fingerprint density at radius 3 is 2.06 bits per heavy atom. The van der Waals surface area contributed by atoms with Crippen LogP contribution in [0.4, 0.5) is 11.4 Å². The van der Waals surface area contributed by atoms with Crippen LogP contribution in [0.15, 0.2) is 83.8 Å². The topological polar surface area (TPSA) is 136 Å². The molecule has 0 aromatic heterocycles. The molecular formula is C22H23N3O6S2. The minimum atomic E-state index is -3.81. The monoisotopic (exact) mass is 489 g/mol. The van der Waals surface area contributed by atoms with Crippen LogP contribution in [-0.2, 0) is 31.4 Å². The number of carbonyl (C=O) groups is 1. The molecule has 0 saturated heterocycles. The quantitative estimate of drug-likeness (QED) is 0.473. The Hall–Kier alpha value is -3.41. The average molecular weight is 490 g/mol. The van der Waals surface area contributed by atoms with E-state index in [1.165, 1.54) is 28.6 Å². The van der Waals surface area contributed by atoms with E-state index in [4.69, 9.17) is 9.88 Å². The summed E-state index contributed by atoms with van der Waals surface area (Å²) in [6, 6.07) is 21.0. The standard InChI is InChI=1S/C22H23N3O6S2/c1-32(27,28)25(15-17-5-3-2-4-6-17)19-9-11-20(12-10-19)31-16-22(26)24-18-7-13-21(14-8-18)33(23,29)30/h2-14H,15-16H2,1H3,(H,24,26)(H2,23,29,30). The van der Waals surface area contributed by atoms with Crippen molar-refractivity contribution in [2.24, 2.45) is 5.14 Å². The number of primary sulfonamides is 1. The normalized spacial score (nSPS) is 11.6. The fraction of sp³-hybridized carbons (Fsp3) is 0.136. The van der Waals surface area contributed by atoms with Gasteiger partial charge in [0.15, 0.2) is 6.61 Å². The SMILES string of the molecule is CS(=O)(=O)N(Cc1ccccc1)c1ccc(OCC(=O)Nc2ccc(S(N)(=O)=O)cc2)cc1. The second-order valence-corrected chi connectivity index (χ2v) is 10.6. The Morgan fingerprint density at radius 1 is 0.909 bits per heavy atom. The summed E-state index contributed by atoms with van der Waals surface area (Å²) in [5, 5.41) is 7.62. The van der Waals surface area contributed by atoms with Gasteiger partial charge in [0.05, 0.1) is 23.4 Å². The molecule has 0 saturated carbocycles. The van der Waals surface area contributed by atoms with Gasteiger partial charge in [0, 0.05) is 5.69 Å². The van der Waals surface area contributed by atoms with Gasteiger partial charge in [-0.2, -0.15) is 0 Å². The summed E-state index contributed by atoms with van der Waals surface area (Å²) >= 11 is 0. The van der Waals surface area contributed by atoms with Crippen molar-refractivity contribution in [3.8, 4) is 5.75 Å². The molecule has 1 amide bonds. The third-order valence-electron chi connectivity index (χ3n) is 4.53. The van der Waals surface area contributed by atoms with E-state index in [0.29, 0.717) is 17.1 Å². The number of amides is 1. The Labute approximate surface area is 192 Å². The van der Waals surface area contributed by atoms with Gasteiger partial charge in [0.1, 0.15) is 5.75 Å². The number of hydrogen-bond donors (Lipinski definition) is 2. The van der Waals surface area contributed by atoms with E-state index in [1.54, 1.807) is 24.3 Å². The van der Waals surface area contributed by atoms with Crippen molar-refractivity contribution in [1.82, 2.24) is 0 Å². The van der Waals surface area contributed by atoms with Gasteiger partial charge >= 0.3 is 0 Å². The number of nitrogens with two attached hydrogens (primary N) is 1. The summed E-state index contributed by atoms with van der Waals surface area (Å²) in [7, 11) is -7.33. The predicted molar refractivity (Wildman–Crippen MR) is 126 cm³/mol. The summed E-state index contributed by atoms with van der Waals surface area (Å²) < 4.78 is 53.9. The maximum absolute atomic E-state index is 12.3. The fourth-order valence-electron chi connectivity index (χ4n) is 2.93. The molecule has 9 nitrogen and oxygen atoms in total.